The molecule has 3 aliphatic heterocycles. The lowest BCUT2D eigenvalue weighted by atomic mass is 9.98. The van der Waals surface area contributed by atoms with Crippen molar-refractivity contribution in [2.75, 3.05) is 18.0 Å². The topological polar surface area (TPSA) is 12.5 Å². The summed E-state index contributed by atoms with van der Waals surface area (Å²) in [6.07, 6.45) is 2.00. The summed E-state index contributed by atoms with van der Waals surface area (Å²) in [5, 5.41) is 0. The Kier molecular flexibility index (Phi) is 1.74. The smallest absolute Gasteiger partial charge is 0.123 e. The van der Waals surface area contributed by atoms with Crippen LogP contribution in [0, 0.1) is 5.82 Å². The predicted molar refractivity (Wildman–Crippen MR) is 51.9 cm³/mol. The zero-order chi connectivity index (χ0) is 9.54. The molecule has 3 heterocycles. The van der Waals surface area contributed by atoms with Crippen molar-refractivity contribution >= 4 is 5.69 Å². The van der Waals surface area contributed by atoms with Gasteiger partial charge in [-0.2, -0.15) is 0 Å². The highest BCUT2D eigenvalue weighted by molar-refractivity contribution is 5.47. The molecule has 3 heteroatoms. The van der Waals surface area contributed by atoms with E-state index in [9.17, 15) is 4.39 Å². The number of fused-ring (bicyclic) bond motifs is 2. The molecule has 4 rings (SSSR count). The van der Waals surface area contributed by atoms with Crippen LogP contribution in [0.2, 0.25) is 0 Å². The highest BCUT2D eigenvalue weighted by Crippen LogP contribution is 2.31. The number of morpholine rings is 1. The van der Waals surface area contributed by atoms with Crippen LogP contribution < -0.4 is 4.90 Å². The Labute approximate surface area is 82.3 Å². The monoisotopic (exact) mass is 193 g/mol. The molecule has 2 atom stereocenters. The van der Waals surface area contributed by atoms with Crippen LogP contribution in [0.25, 0.3) is 0 Å². The van der Waals surface area contributed by atoms with Crippen molar-refractivity contribution in [2.45, 2.75) is 18.6 Å². The molecule has 1 aromatic carbocycles. The Hall–Kier alpha value is -1.09. The number of hydrogen-bond donors (Lipinski definition) is 0. The van der Waals surface area contributed by atoms with Crippen LogP contribution >= 0.6 is 0 Å². The van der Waals surface area contributed by atoms with Crippen LogP contribution in [0.4, 0.5) is 10.1 Å². The fourth-order valence-corrected chi connectivity index (χ4v) is 2.22. The minimum atomic E-state index is -0.174. The summed E-state index contributed by atoms with van der Waals surface area (Å²) in [7, 11) is 0. The molecule has 2 nitrogen and oxygen atoms in total. The summed E-state index contributed by atoms with van der Waals surface area (Å²) < 4.78 is 18.2. The molecule has 3 aliphatic rings. The van der Waals surface area contributed by atoms with E-state index in [1.165, 1.54) is 18.6 Å². The lowest BCUT2D eigenvalue weighted by Crippen LogP contribution is -2.57. The first kappa shape index (κ1) is 8.24. The Morgan fingerprint density at radius 2 is 1.71 bits per heavy atom. The van der Waals surface area contributed by atoms with Crippen molar-refractivity contribution in [3.05, 3.63) is 30.1 Å². The van der Waals surface area contributed by atoms with Crippen molar-refractivity contribution in [2.24, 2.45) is 0 Å². The molecule has 0 aliphatic carbocycles. The molecule has 3 fully saturated rings. The van der Waals surface area contributed by atoms with E-state index >= 15 is 0 Å². The van der Waals surface area contributed by atoms with Gasteiger partial charge in [-0.15, -0.1) is 0 Å². The van der Waals surface area contributed by atoms with E-state index in [0.717, 1.165) is 18.8 Å². The van der Waals surface area contributed by atoms with Gasteiger partial charge < -0.3 is 9.64 Å². The molecule has 0 spiro atoms. The maximum Gasteiger partial charge on any atom is 0.123 e. The lowest BCUT2D eigenvalue weighted by Gasteiger charge is -2.48. The second-order valence-corrected chi connectivity index (χ2v) is 4.00. The van der Waals surface area contributed by atoms with Gasteiger partial charge in [0.2, 0.25) is 0 Å². The Balaban J connectivity index is 1.79. The Bertz CT molecular complexity index is 322. The molecule has 74 valence electrons. The van der Waals surface area contributed by atoms with E-state index in [4.69, 9.17) is 4.74 Å². The van der Waals surface area contributed by atoms with Gasteiger partial charge in [0, 0.05) is 25.2 Å². The number of hydrogen-bond acceptors (Lipinski definition) is 2. The third kappa shape index (κ3) is 1.28. The molecule has 0 N–H and O–H groups in total. The average Bonchev–Trinajstić information content (AvgIpc) is 2.18. The van der Waals surface area contributed by atoms with E-state index in [1.807, 2.05) is 12.1 Å². The van der Waals surface area contributed by atoms with Crippen LogP contribution in [-0.4, -0.2) is 25.3 Å². The molecule has 14 heavy (non-hydrogen) atoms. The summed E-state index contributed by atoms with van der Waals surface area (Å²) in [5.74, 6) is -0.174. The SMILES string of the molecule is Fc1ccc(N2CC3CC(C2)O3)cc1. The quantitative estimate of drug-likeness (QED) is 0.674. The van der Waals surface area contributed by atoms with E-state index < -0.39 is 0 Å². The van der Waals surface area contributed by atoms with E-state index in [-0.39, 0.29) is 5.82 Å². The van der Waals surface area contributed by atoms with Crippen molar-refractivity contribution in [1.29, 1.82) is 0 Å². The van der Waals surface area contributed by atoms with Gasteiger partial charge in [-0.05, 0) is 24.3 Å². The number of benzene rings is 1. The van der Waals surface area contributed by atoms with Crippen LogP contribution in [0.15, 0.2) is 24.3 Å². The van der Waals surface area contributed by atoms with Gasteiger partial charge in [-0.25, -0.2) is 4.39 Å². The highest BCUT2D eigenvalue weighted by Gasteiger charge is 2.38. The lowest BCUT2D eigenvalue weighted by molar-refractivity contribution is -0.133. The summed E-state index contributed by atoms with van der Waals surface area (Å²) in [4.78, 5) is 2.27. The molecular weight excluding hydrogens is 181 g/mol. The van der Waals surface area contributed by atoms with Gasteiger partial charge >= 0.3 is 0 Å². The summed E-state index contributed by atoms with van der Waals surface area (Å²) in [6, 6.07) is 6.69. The van der Waals surface area contributed by atoms with E-state index in [1.54, 1.807) is 0 Å². The molecule has 2 unspecified atom stereocenters. The molecule has 0 aromatic heterocycles. The molecule has 0 radical (unpaired) electrons. The standard InChI is InChI=1S/C11H12FNO/c12-8-1-3-9(4-2-8)13-6-10-5-11(7-13)14-10/h1-4,10-11H,5-7H2. The first-order chi connectivity index (χ1) is 6.81. The fraction of sp³-hybridized carbons (Fsp3) is 0.455. The van der Waals surface area contributed by atoms with Crippen molar-refractivity contribution in [1.82, 2.24) is 0 Å². The first-order valence-electron chi connectivity index (χ1n) is 4.97. The molecule has 0 saturated carbocycles. The van der Waals surface area contributed by atoms with Gasteiger partial charge in [0.15, 0.2) is 0 Å². The predicted octanol–water partition coefficient (Wildman–Crippen LogP) is 1.80. The minimum absolute atomic E-state index is 0.174. The molecule has 0 amide bonds. The number of nitrogens with zero attached hydrogens (tertiary/aromatic N) is 1. The van der Waals surface area contributed by atoms with E-state index in [0.29, 0.717) is 12.2 Å². The Morgan fingerprint density at radius 3 is 2.29 bits per heavy atom. The molecule has 3 saturated heterocycles. The van der Waals surface area contributed by atoms with Crippen LogP contribution in [-0.2, 0) is 4.74 Å². The van der Waals surface area contributed by atoms with Crippen molar-refractivity contribution in [3.8, 4) is 0 Å². The number of piperidine rings is 1. The van der Waals surface area contributed by atoms with Crippen molar-refractivity contribution in [3.63, 3.8) is 0 Å². The fourth-order valence-electron chi connectivity index (χ4n) is 2.22. The third-order valence-corrected chi connectivity index (χ3v) is 2.95. The van der Waals surface area contributed by atoms with Crippen molar-refractivity contribution < 1.29 is 9.13 Å². The molecule has 2 bridgehead atoms. The largest absolute Gasteiger partial charge is 0.371 e. The van der Waals surface area contributed by atoms with Crippen LogP contribution in [0.1, 0.15) is 6.42 Å². The second-order valence-electron chi connectivity index (χ2n) is 4.00. The zero-order valence-electron chi connectivity index (χ0n) is 7.82. The van der Waals surface area contributed by atoms with Gasteiger partial charge in [0.25, 0.3) is 0 Å². The number of halogens is 1. The molecule has 1 aromatic rings. The van der Waals surface area contributed by atoms with Gasteiger partial charge in [-0.1, -0.05) is 0 Å². The molecular formula is C11H12FNO. The minimum Gasteiger partial charge on any atom is -0.371 e. The highest BCUT2D eigenvalue weighted by atomic mass is 19.1. The third-order valence-electron chi connectivity index (χ3n) is 2.95. The Morgan fingerprint density at radius 1 is 1.14 bits per heavy atom. The number of anilines is 1. The van der Waals surface area contributed by atoms with Gasteiger partial charge in [0.1, 0.15) is 5.82 Å². The van der Waals surface area contributed by atoms with E-state index in [2.05, 4.69) is 4.90 Å². The zero-order valence-corrected chi connectivity index (χ0v) is 7.82. The summed E-state index contributed by atoms with van der Waals surface area (Å²) >= 11 is 0. The van der Waals surface area contributed by atoms with Gasteiger partial charge in [0.05, 0.1) is 12.2 Å². The average molecular weight is 193 g/mol. The summed E-state index contributed by atoms with van der Waals surface area (Å²) in [5.41, 5.74) is 1.10. The number of rotatable bonds is 1. The summed E-state index contributed by atoms with van der Waals surface area (Å²) in [6.45, 7) is 1.89. The normalized spacial score (nSPS) is 29.9. The first-order valence-corrected chi connectivity index (χ1v) is 4.97. The maximum atomic E-state index is 12.7. The van der Waals surface area contributed by atoms with Crippen LogP contribution in [0.5, 0.6) is 0 Å². The maximum absolute atomic E-state index is 12.7. The second kappa shape index (κ2) is 2.95. The van der Waals surface area contributed by atoms with Crippen LogP contribution in [0.3, 0.4) is 0 Å². The number of ether oxygens (including phenoxy) is 1. The van der Waals surface area contributed by atoms with Gasteiger partial charge in [-0.3, -0.25) is 0 Å².